The highest BCUT2D eigenvalue weighted by Gasteiger charge is 2.08. The van der Waals surface area contributed by atoms with E-state index in [-0.39, 0.29) is 5.82 Å². The van der Waals surface area contributed by atoms with Crippen LogP contribution < -0.4 is 5.32 Å². The van der Waals surface area contributed by atoms with Gasteiger partial charge in [0.1, 0.15) is 17.5 Å². The molecular formula is C14H16FN3. The Bertz CT molecular complexity index is 545. The molecule has 1 aromatic heterocycles. The van der Waals surface area contributed by atoms with Crippen molar-refractivity contribution in [1.29, 1.82) is 0 Å². The predicted octanol–water partition coefficient (Wildman–Crippen LogP) is 3.20. The van der Waals surface area contributed by atoms with E-state index in [0.29, 0.717) is 0 Å². The zero-order valence-electron chi connectivity index (χ0n) is 10.8. The third-order valence-corrected chi connectivity index (χ3v) is 2.81. The van der Waals surface area contributed by atoms with Gasteiger partial charge in [0.25, 0.3) is 0 Å². The first kappa shape index (κ1) is 12.5. The minimum atomic E-state index is -0.227. The Morgan fingerprint density at radius 1 is 1.22 bits per heavy atom. The van der Waals surface area contributed by atoms with E-state index in [0.717, 1.165) is 34.9 Å². The lowest BCUT2D eigenvalue weighted by atomic mass is 10.1. The van der Waals surface area contributed by atoms with Crippen molar-refractivity contribution in [2.45, 2.75) is 20.3 Å². The first-order valence-corrected chi connectivity index (χ1v) is 5.96. The van der Waals surface area contributed by atoms with E-state index in [1.165, 1.54) is 12.1 Å². The molecule has 0 amide bonds. The highest BCUT2D eigenvalue weighted by molar-refractivity contribution is 5.66. The standard InChI is InChI=1S/C14H16FN3/c1-4-13-17-12(8-14(16-3)18-13)11-6-5-10(15)7-9(11)2/h5-8H,4H2,1-3H3,(H,16,17,18). The molecule has 1 N–H and O–H groups in total. The lowest BCUT2D eigenvalue weighted by Crippen LogP contribution is -2.01. The summed E-state index contributed by atoms with van der Waals surface area (Å²) in [5.41, 5.74) is 2.63. The van der Waals surface area contributed by atoms with E-state index < -0.39 is 0 Å². The number of aromatic nitrogens is 2. The number of benzene rings is 1. The van der Waals surface area contributed by atoms with Crippen molar-refractivity contribution in [2.24, 2.45) is 0 Å². The summed E-state index contributed by atoms with van der Waals surface area (Å²) in [6.45, 7) is 3.89. The van der Waals surface area contributed by atoms with Crippen LogP contribution in [0.25, 0.3) is 11.3 Å². The smallest absolute Gasteiger partial charge is 0.131 e. The molecule has 18 heavy (non-hydrogen) atoms. The summed E-state index contributed by atoms with van der Waals surface area (Å²) in [5.74, 6) is 1.33. The first-order valence-electron chi connectivity index (χ1n) is 5.96. The number of hydrogen-bond donors (Lipinski definition) is 1. The van der Waals surface area contributed by atoms with E-state index in [2.05, 4.69) is 15.3 Å². The molecule has 2 rings (SSSR count). The molecule has 0 atom stereocenters. The molecule has 0 unspecified atom stereocenters. The monoisotopic (exact) mass is 245 g/mol. The number of halogens is 1. The highest BCUT2D eigenvalue weighted by atomic mass is 19.1. The van der Waals surface area contributed by atoms with Gasteiger partial charge in [-0.2, -0.15) is 0 Å². The zero-order valence-corrected chi connectivity index (χ0v) is 10.8. The van der Waals surface area contributed by atoms with E-state index in [1.807, 2.05) is 27.0 Å². The van der Waals surface area contributed by atoms with E-state index in [4.69, 9.17) is 0 Å². The van der Waals surface area contributed by atoms with Crippen LogP contribution in [0.5, 0.6) is 0 Å². The number of hydrogen-bond acceptors (Lipinski definition) is 3. The maximum atomic E-state index is 13.1. The molecule has 3 nitrogen and oxygen atoms in total. The lowest BCUT2D eigenvalue weighted by molar-refractivity contribution is 0.627. The fraction of sp³-hybridized carbons (Fsp3) is 0.286. The molecule has 0 aliphatic rings. The molecule has 0 bridgehead atoms. The van der Waals surface area contributed by atoms with Crippen molar-refractivity contribution < 1.29 is 4.39 Å². The Morgan fingerprint density at radius 3 is 2.61 bits per heavy atom. The van der Waals surface area contributed by atoms with Crippen molar-refractivity contribution in [1.82, 2.24) is 9.97 Å². The maximum absolute atomic E-state index is 13.1. The van der Waals surface area contributed by atoms with Crippen LogP contribution in [0.3, 0.4) is 0 Å². The molecule has 0 fully saturated rings. The van der Waals surface area contributed by atoms with Crippen LogP contribution in [-0.4, -0.2) is 17.0 Å². The van der Waals surface area contributed by atoms with E-state index in [1.54, 1.807) is 6.07 Å². The van der Waals surface area contributed by atoms with Crippen LogP contribution >= 0.6 is 0 Å². The van der Waals surface area contributed by atoms with Gasteiger partial charge in [0.15, 0.2) is 0 Å². The van der Waals surface area contributed by atoms with Crippen LogP contribution in [0.1, 0.15) is 18.3 Å². The second-order valence-corrected chi connectivity index (χ2v) is 4.12. The van der Waals surface area contributed by atoms with Crippen LogP contribution in [0.15, 0.2) is 24.3 Å². The van der Waals surface area contributed by atoms with Gasteiger partial charge in [0, 0.05) is 25.1 Å². The number of aryl methyl sites for hydroxylation is 2. The van der Waals surface area contributed by atoms with Crippen molar-refractivity contribution in [2.75, 3.05) is 12.4 Å². The average Bonchev–Trinajstić information content (AvgIpc) is 2.38. The van der Waals surface area contributed by atoms with Gasteiger partial charge >= 0.3 is 0 Å². The molecule has 1 aromatic carbocycles. The van der Waals surface area contributed by atoms with Crippen LogP contribution in [0.2, 0.25) is 0 Å². The number of rotatable bonds is 3. The highest BCUT2D eigenvalue weighted by Crippen LogP contribution is 2.24. The molecule has 0 aliphatic heterocycles. The molecule has 1 heterocycles. The lowest BCUT2D eigenvalue weighted by Gasteiger charge is -2.09. The van der Waals surface area contributed by atoms with Gasteiger partial charge in [0.05, 0.1) is 5.69 Å². The van der Waals surface area contributed by atoms with Crippen molar-refractivity contribution >= 4 is 5.82 Å². The number of nitrogens with zero attached hydrogens (tertiary/aromatic N) is 2. The second-order valence-electron chi connectivity index (χ2n) is 4.12. The third kappa shape index (κ3) is 2.47. The molecule has 94 valence electrons. The molecule has 0 saturated carbocycles. The Labute approximate surface area is 106 Å². The molecular weight excluding hydrogens is 229 g/mol. The fourth-order valence-electron chi connectivity index (χ4n) is 1.84. The SMILES string of the molecule is CCc1nc(NC)cc(-c2ccc(F)cc2C)n1. The maximum Gasteiger partial charge on any atom is 0.131 e. The normalized spacial score (nSPS) is 10.4. The zero-order chi connectivity index (χ0) is 13.1. The van der Waals surface area contributed by atoms with Gasteiger partial charge in [-0.15, -0.1) is 0 Å². The van der Waals surface area contributed by atoms with Crippen molar-refractivity contribution in [3.8, 4) is 11.3 Å². The summed E-state index contributed by atoms with van der Waals surface area (Å²) in [6.07, 6.45) is 0.767. The van der Waals surface area contributed by atoms with Crippen LogP contribution in [0.4, 0.5) is 10.2 Å². The van der Waals surface area contributed by atoms with Gasteiger partial charge in [0.2, 0.25) is 0 Å². The Morgan fingerprint density at radius 2 is 2.00 bits per heavy atom. The largest absolute Gasteiger partial charge is 0.373 e. The van der Waals surface area contributed by atoms with Gasteiger partial charge in [-0.05, 0) is 30.7 Å². The molecule has 0 spiro atoms. The average molecular weight is 245 g/mol. The van der Waals surface area contributed by atoms with Crippen molar-refractivity contribution in [3.05, 3.63) is 41.5 Å². The molecule has 4 heteroatoms. The van der Waals surface area contributed by atoms with Gasteiger partial charge < -0.3 is 5.32 Å². The summed E-state index contributed by atoms with van der Waals surface area (Å²) in [6, 6.07) is 6.60. The second kappa shape index (κ2) is 5.12. The molecule has 2 aromatic rings. The van der Waals surface area contributed by atoms with Crippen LogP contribution in [0, 0.1) is 12.7 Å². The number of anilines is 1. The van der Waals surface area contributed by atoms with Crippen LogP contribution in [-0.2, 0) is 6.42 Å². The van der Waals surface area contributed by atoms with Gasteiger partial charge in [-0.25, -0.2) is 14.4 Å². The summed E-state index contributed by atoms with van der Waals surface area (Å²) >= 11 is 0. The van der Waals surface area contributed by atoms with Gasteiger partial charge in [-0.3, -0.25) is 0 Å². The first-order chi connectivity index (χ1) is 8.63. The third-order valence-electron chi connectivity index (χ3n) is 2.81. The molecule has 0 saturated heterocycles. The molecule has 0 aliphatic carbocycles. The predicted molar refractivity (Wildman–Crippen MR) is 71.1 cm³/mol. The summed E-state index contributed by atoms with van der Waals surface area (Å²) < 4.78 is 13.1. The quantitative estimate of drug-likeness (QED) is 0.902. The van der Waals surface area contributed by atoms with E-state index >= 15 is 0 Å². The number of nitrogens with one attached hydrogen (secondary N) is 1. The summed E-state index contributed by atoms with van der Waals surface area (Å²) in [7, 11) is 1.82. The van der Waals surface area contributed by atoms with Crippen molar-refractivity contribution in [3.63, 3.8) is 0 Å². The minimum Gasteiger partial charge on any atom is -0.373 e. The Hall–Kier alpha value is -1.97. The minimum absolute atomic E-state index is 0.227. The Kier molecular flexibility index (Phi) is 3.55. The summed E-state index contributed by atoms with van der Waals surface area (Å²) in [5, 5.41) is 3.02. The summed E-state index contributed by atoms with van der Waals surface area (Å²) in [4.78, 5) is 8.83. The molecule has 0 radical (unpaired) electrons. The van der Waals surface area contributed by atoms with E-state index in [9.17, 15) is 4.39 Å². The van der Waals surface area contributed by atoms with Gasteiger partial charge in [-0.1, -0.05) is 6.92 Å². The topological polar surface area (TPSA) is 37.8 Å². The Balaban J connectivity index is 2.55. The fourth-order valence-corrected chi connectivity index (χ4v) is 1.84.